The Morgan fingerprint density at radius 3 is 2.59 bits per heavy atom. The van der Waals surface area contributed by atoms with Gasteiger partial charge in [-0.2, -0.15) is 0 Å². The van der Waals surface area contributed by atoms with Gasteiger partial charge in [-0.3, -0.25) is 14.2 Å². The van der Waals surface area contributed by atoms with Crippen LogP contribution in [0.1, 0.15) is 13.3 Å². The van der Waals surface area contributed by atoms with E-state index in [1.165, 1.54) is 10.6 Å². The largest absolute Gasteiger partial charge is 0.466 e. The van der Waals surface area contributed by atoms with Crippen LogP contribution in [0.25, 0.3) is 17.1 Å². The molecule has 29 heavy (non-hydrogen) atoms. The van der Waals surface area contributed by atoms with E-state index in [0.717, 1.165) is 11.8 Å². The molecule has 0 saturated carbocycles. The van der Waals surface area contributed by atoms with Crippen molar-refractivity contribution in [3.05, 3.63) is 59.4 Å². The van der Waals surface area contributed by atoms with E-state index in [4.69, 9.17) is 16.3 Å². The number of halogens is 2. The van der Waals surface area contributed by atoms with E-state index in [0.29, 0.717) is 21.6 Å². The molecule has 9 heteroatoms. The molecule has 6 nitrogen and oxygen atoms in total. The predicted molar refractivity (Wildman–Crippen MR) is 109 cm³/mol. The first-order valence-electron chi connectivity index (χ1n) is 8.76. The number of Topliss-reactive ketones (excluding diaryl/α,β-unsaturated/α-hetero) is 1. The number of ether oxygens (including phenoxy) is 1. The highest BCUT2D eigenvalue weighted by Crippen LogP contribution is 2.32. The number of ketones is 1. The molecule has 3 rings (SSSR count). The molecule has 0 unspecified atom stereocenters. The summed E-state index contributed by atoms with van der Waals surface area (Å²) in [6.45, 7) is 1.88. The molecule has 150 valence electrons. The van der Waals surface area contributed by atoms with Crippen LogP contribution in [0.4, 0.5) is 4.39 Å². The summed E-state index contributed by atoms with van der Waals surface area (Å²) in [5.74, 6) is -1.06. The molecule has 0 saturated heterocycles. The fourth-order valence-corrected chi connectivity index (χ4v) is 3.62. The molecule has 0 spiro atoms. The van der Waals surface area contributed by atoms with Crippen molar-refractivity contribution in [1.29, 1.82) is 0 Å². The van der Waals surface area contributed by atoms with Gasteiger partial charge in [0.25, 0.3) is 0 Å². The molecule has 1 heterocycles. The van der Waals surface area contributed by atoms with Gasteiger partial charge in [0.1, 0.15) is 12.2 Å². The van der Waals surface area contributed by atoms with E-state index in [1.54, 1.807) is 49.4 Å². The molecule has 3 aromatic rings. The summed E-state index contributed by atoms with van der Waals surface area (Å²) in [5.41, 5.74) is 0.808. The van der Waals surface area contributed by atoms with Crippen LogP contribution >= 0.6 is 23.4 Å². The van der Waals surface area contributed by atoms with E-state index in [1.807, 2.05) is 0 Å². The number of para-hydroxylation sites is 1. The zero-order valence-electron chi connectivity index (χ0n) is 15.5. The Morgan fingerprint density at radius 2 is 1.86 bits per heavy atom. The van der Waals surface area contributed by atoms with Crippen LogP contribution in [0.3, 0.4) is 0 Å². The van der Waals surface area contributed by atoms with E-state index in [-0.39, 0.29) is 30.3 Å². The Kier molecular flexibility index (Phi) is 7.00. The van der Waals surface area contributed by atoms with E-state index >= 15 is 0 Å². The number of thioether (sulfide) groups is 1. The van der Waals surface area contributed by atoms with Gasteiger partial charge in [-0.05, 0) is 31.2 Å². The minimum atomic E-state index is -0.578. The van der Waals surface area contributed by atoms with Gasteiger partial charge in [0.05, 0.1) is 23.1 Å². The van der Waals surface area contributed by atoms with Gasteiger partial charge < -0.3 is 4.74 Å². The molecule has 0 aliphatic carbocycles. The van der Waals surface area contributed by atoms with Crippen LogP contribution in [0.2, 0.25) is 5.02 Å². The standard InChI is InChI=1S/C20H17ClFN3O3S/c1-2-28-18(27)11-13(26)12-29-20-24-23-19(14-7-3-4-8-15(14)21)25(20)17-10-6-5-9-16(17)22/h3-10H,2,11-12H2,1H3. The van der Waals surface area contributed by atoms with Crippen molar-refractivity contribution in [3.8, 4) is 17.1 Å². The Bertz CT molecular complexity index is 1040. The summed E-state index contributed by atoms with van der Waals surface area (Å²) < 4.78 is 20.8. The second-order valence-electron chi connectivity index (χ2n) is 5.88. The molecule has 0 amide bonds. The average Bonchev–Trinajstić information content (AvgIpc) is 3.10. The van der Waals surface area contributed by atoms with Crippen molar-refractivity contribution in [2.75, 3.05) is 12.4 Å². The highest BCUT2D eigenvalue weighted by molar-refractivity contribution is 7.99. The number of rotatable bonds is 8. The molecule has 1 aromatic heterocycles. The number of carbonyl (C=O) groups excluding carboxylic acids is 2. The number of hydrogen-bond acceptors (Lipinski definition) is 6. The highest BCUT2D eigenvalue weighted by atomic mass is 35.5. The molecule has 0 aliphatic rings. The van der Waals surface area contributed by atoms with Crippen molar-refractivity contribution in [2.45, 2.75) is 18.5 Å². The SMILES string of the molecule is CCOC(=O)CC(=O)CSc1nnc(-c2ccccc2Cl)n1-c1ccccc1F. The predicted octanol–water partition coefficient (Wildman–Crippen LogP) is 4.34. The zero-order chi connectivity index (χ0) is 20.8. The van der Waals surface area contributed by atoms with Crippen molar-refractivity contribution in [1.82, 2.24) is 14.8 Å². The van der Waals surface area contributed by atoms with Gasteiger partial charge >= 0.3 is 5.97 Å². The van der Waals surface area contributed by atoms with Gasteiger partial charge in [0, 0.05) is 5.56 Å². The summed E-state index contributed by atoms with van der Waals surface area (Å²) >= 11 is 7.36. The number of aromatic nitrogens is 3. The lowest BCUT2D eigenvalue weighted by atomic mass is 10.2. The fraction of sp³-hybridized carbons (Fsp3) is 0.200. The van der Waals surface area contributed by atoms with Crippen LogP contribution in [-0.4, -0.2) is 38.9 Å². The third-order valence-corrected chi connectivity index (χ3v) is 5.17. The normalized spacial score (nSPS) is 10.7. The maximum absolute atomic E-state index is 14.5. The van der Waals surface area contributed by atoms with Gasteiger partial charge in [-0.25, -0.2) is 4.39 Å². The highest BCUT2D eigenvalue weighted by Gasteiger charge is 2.21. The maximum atomic E-state index is 14.5. The van der Waals surface area contributed by atoms with Crippen LogP contribution in [0.15, 0.2) is 53.7 Å². The molecule has 0 bridgehead atoms. The fourth-order valence-electron chi connectivity index (χ4n) is 2.60. The second-order valence-corrected chi connectivity index (χ2v) is 7.23. The maximum Gasteiger partial charge on any atom is 0.313 e. The van der Waals surface area contributed by atoms with Crippen molar-refractivity contribution < 1.29 is 18.7 Å². The Hall–Kier alpha value is -2.71. The minimum Gasteiger partial charge on any atom is -0.466 e. The monoisotopic (exact) mass is 433 g/mol. The van der Waals surface area contributed by atoms with Crippen LogP contribution in [-0.2, 0) is 14.3 Å². The van der Waals surface area contributed by atoms with Crippen molar-refractivity contribution in [2.24, 2.45) is 0 Å². The molecular weight excluding hydrogens is 417 g/mol. The minimum absolute atomic E-state index is 0.0338. The molecule has 0 N–H and O–H groups in total. The van der Waals surface area contributed by atoms with Gasteiger partial charge in [0.2, 0.25) is 0 Å². The summed E-state index contributed by atoms with van der Waals surface area (Å²) in [5, 5.41) is 9.04. The topological polar surface area (TPSA) is 74.1 Å². The Balaban J connectivity index is 1.94. The Labute approximate surface area is 176 Å². The van der Waals surface area contributed by atoms with Gasteiger partial charge in [-0.1, -0.05) is 47.6 Å². The quantitative estimate of drug-likeness (QED) is 0.299. The van der Waals surface area contributed by atoms with Crippen molar-refractivity contribution >= 4 is 35.1 Å². The zero-order valence-corrected chi connectivity index (χ0v) is 17.0. The molecule has 0 fully saturated rings. The third kappa shape index (κ3) is 5.02. The van der Waals surface area contributed by atoms with Gasteiger partial charge in [0.15, 0.2) is 16.8 Å². The Morgan fingerprint density at radius 1 is 1.14 bits per heavy atom. The van der Waals surface area contributed by atoms with E-state index in [9.17, 15) is 14.0 Å². The van der Waals surface area contributed by atoms with Crippen LogP contribution in [0, 0.1) is 5.82 Å². The first kappa shape index (κ1) is 21.0. The second kappa shape index (κ2) is 9.67. The lowest BCUT2D eigenvalue weighted by Crippen LogP contribution is -2.13. The van der Waals surface area contributed by atoms with Crippen LogP contribution in [0.5, 0.6) is 0 Å². The number of esters is 1. The molecule has 2 aromatic carbocycles. The number of benzene rings is 2. The van der Waals surface area contributed by atoms with Gasteiger partial charge in [-0.15, -0.1) is 10.2 Å². The molecule has 0 radical (unpaired) electrons. The number of hydrogen-bond donors (Lipinski definition) is 0. The van der Waals surface area contributed by atoms with E-state index in [2.05, 4.69) is 10.2 Å². The number of carbonyl (C=O) groups is 2. The lowest BCUT2D eigenvalue weighted by Gasteiger charge is -2.11. The summed E-state index contributed by atoms with van der Waals surface area (Å²) in [4.78, 5) is 23.5. The third-order valence-electron chi connectivity index (χ3n) is 3.85. The first-order valence-corrected chi connectivity index (χ1v) is 10.1. The summed E-state index contributed by atoms with van der Waals surface area (Å²) in [6, 6.07) is 13.2. The van der Waals surface area contributed by atoms with Crippen molar-refractivity contribution in [3.63, 3.8) is 0 Å². The first-order chi connectivity index (χ1) is 14.0. The molecule has 0 atom stereocenters. The lowest BCUT2D eigenvalue weighted by molar-refractivity contribution is -0.145. The number of nitrogens with zero attached hydrogens (tertiary/aromatic N) is 3. The van der Waals surface area contributed by atoms with E-state index < -0.39 is 11.8 Å². The summed E-state index contributed by atoms with van der Waals surface area (Å²) in [7, 11) is 0. The smallest absolute Gasteiger partial charge is 0.313 e. The van der Waals surface area contributed by atoms with Crippen LogP contribution < -0.4 is 0 Å². The average molecular weight is 434 g/mol. The molecule has 0 aliphatic heterocycles. The summed E-state index contributed by atoms with van der Waals surface area (Å²) in [6.07, 6.45) is -0.327. The molecular formula is C20H17ClFN3O3S.